The maximum Gasteiger partial charge on any atom is 0.0859 e. The first kappa shape index (κ1) is 13.2. The van der Waals surface area contributed by atoms with Crippen molar-refractivity contribution >= 4 is 0 Å². The van der Waals surface area contributed by atoms with Gasteiger partial charge < -0.3 is 9.84 Å². The summed E-state index contributed by atoms with van der Waals surface area (Å²) in [5.41, 5.74) is 1.15. The zero-order valence-corrected chi connectivity index (χ0v) is 9.66. The van der Waals surface area contributed by atoms with Crippen molar-refractivity contribution in [2.75, 3.05) is 13.7 Å². The first-order valence-corrected chi connectivity index (χ1v) is 5.13. The van der Waals surface area contributed by atoms with Crippen LogP contribution in [-0.4, -0.2) is 18.8 Å². The summed E-state index contributed by atoms with van der Waals surface area (Å²) in [6.45, 7) is 6.53. The fourth-order valence-corrected chi connectivity index (χ4v) is 1.60. The van der Waals surface area contributed by atoms with Crippen LogP contribution >= 0.6 is 0 Å². The molecule has 0 radical (unpaired) electrons. The molecule has 0 saturated heterocycles. The van der Waals surface area contributed by atoms with Gasteiger partial charge in [0, 0.05) is 6.61 Å². The van der Waals surface area contributed by atoms with E-state index in [9.17, 15) is 0 Å². The first-order chi connectivity index (χ1) is 6.67. The van der Waals surface area contributed by atoms with Gasteiger partial charge in [-0.3, -0.25) is 0 Å². The van der Waals surface area contributed by atoms with Crippen LogP contribution in [0.5, 0.6) is 0 Å². The number of rotatable bonds is 6. The average molecular weight is 198 g/mol. The fourth-order valence-electron chi connectivity index (χ4n) is 1.60. The predicted molar refractivity (Wildman–Crippen MR) is 59.9 cm³/mol. The topological polar surface area (TPSA) is 29.5 Å². The van der Waals surface area contributed by atoms with Gasteiger partial charge in [-0.2, -0.15) is 0 Å². The Morgan fingerprint density at radius 2 is 2.07 bits per heavy atom. The van der Waals surface area contributed by atoms with Gasteiger partial charge in [-0.05, 0) is 30.8 Å². The lowest BCUT2D eigenvalue weighted by molar-refractivity contribution is 0.244. The van der Waals surface area contributed by atoms with Crippen LogP contribution in [0, 0.1) is 11.8 Å². The molecule has 0 aliphatic rings. The van der Waals surface area contributed by atoms with E-state index in [1.165, 1.54) is 0 Å². The molecule has 0 aromatic rings. The Hall–Kier alpha value is -0.760. The van der Waals surface area contributed by atoms with Gasteiger partial charge in [0.05, 0.1) is 13.4 Å². The summed E-state index contributed by atoms with van der Waals surface area (Å²) in [4.78, 5) is 0. The molecule has 2 heteroatoms. The normalized spacial score (nSPS) is 15.1. The minimum Gasteiger partial charge on any atom is -0.504 e. The number of hydrogen-bond acceptors (Lipinski definition) is 2. The third-order valence-electron chi connectivity index (χ3n) is 2.29. The molecule has 0 bridgehead atoms. The number of aliphatic hydroxyl groups excluding tert-OH is 1. The van der Waals surface area contributed by atoms with Crippen molar-refractivity contribution in [3.63, 3.8) is 0 Å². The van der Waals surface area contributed by atoms with Crippen molar-refractivity contribution in [2.45, 2.75) is 27.2 Å². The van der Waals surface area contributed by atoms with Crippen molar-refractivity contribution in [3.05, 3.63) is 24.0 Å². The standard InChI is InChI=1S/C12H22O2/c1-5-6-11(9-14-4)12(7-8-13)10(2)3/h5-6,9-10,12-13H,7-8H2,1-4H3/b6-5+,11-9-. The smallest absolute Gasteiger partial charge is 0.0859 e. The molecular formula is C12H22O2. The van der Waals surface area contributed by atoms with E-state index >= 15 is 0 Å². The quantitative estimate of drug-likeness (QED) is 0.525. The molecule has 0 aromatic heterocycles. The van der Waals surface area contributed by atoms with Crippen molar-refractivity contribution in [1.82, 2.24) is 0 Å². The van der Waals surface area contributed by atoms with Gasteiger partial charge in [0.15, 0.2) is 0 Å². The van der Waals surface area contributed by atoms with Gasteiger partial charge in [-0.15, -0.1) is 0 Å². The zero-order chi connectivity index (χ0) is 11.0. The molecule has 0 spiro atoms. The molecule has 0 fully saturated rings. The highest BCUT2D eigenvalue weighted by Gasteiger charge is 2.16. The van der Waals surface area contributed by atoms with Gasteiger partial charge >= 0.3 is 0 Å². The van der Waals surface area contributed by atoms with Gasteiger partial charge in [0.25, 0.3) is 0 Å². The van der Waals surface area contributed by atoms with Crippen molar-refractivity contribution < 1.29 is 9.84 Å². The second-order valence-corrected chi connectivity index (χ2v) is 3.72. The van der Waals surface area contributed by atoms with Crippen LogP contribution in [0.3, 0.4) is 0 Å². The van der Waals surface area contributed by atoms with E-state index in [4.69, 9.17) is 9.84 Å². The molecule has 1 atom stereocenters. The summed E-state index contributed by atoms with van der Waals surface area (Å²) in [5.74, 6) is 0.885. The Kier molecular flexibility index (Phi) is 7.21. The molecule has 0 aromatic carbocycles. The van der Waals surface area contributed by atoms with Crippen molar-refractivity contribution in [1.29, 1.82) is 0 Å². The lowest BCUT2D eigenvalue weighted by atomic mass is 9.86. The summed E-state index contributed by atoms with van der Waals surface area (Å²) in [5, 5.41) is 8.98. The Bertz CT molecular complexity index is 192. The number of aliphatic hydroxyl groups is 1. The third kappa shape index (κ3) is 4.47. The largest absolute Gasteiger partial charge is 0.504 e. The molecule has 0 heterocycles. The summed E-state index contributed by atoms with van der Waals surface area (Å²) < 4.78 is 5.04. The Morgan fingerprint density at radius 3 is 2.43 bits per heavy atom. The van der Waals surface area contributed by atoms with Gasteiger partial charge in [0.1, 0.15) is 0 Å². The molecule has 0 aliphatic carbocycles. The highest BCUT2D eigenvalue weighted by Crippen LogP contribution is 2.24. The maximum atomic E-state index is 8.98. The Labute approximate surface area is 87.3 Å². The van der Waals surface area contributed by atoms with E-state index in [0.29, 0.717) is 11.8 Å². The molecule has 0 amide bonds. The van der Waals surface area contributed by atoms with Crippen LogP contribution in [-0.2, 0) is 4.74 Å². The number of allylic oxidation sites excluding steroid dienone is 3. The van der Waals surface area contributed by atoms with E-state index < -0.39 is 0 Å². The van der Waals surface area contributed by atoms with Gasteiger partial charge in [-0.1, -0.05) is 26.0 Å². The van der Waals surface area contributed by atoms with Crippen molar-refractivity contribution in [2.24, 2.45) is 11.8 Å². The molecule has 82 valence electrons. The minimum atomic E-state index is 0.224. The second kappa shape index (κ2) is 7.63. The first-order valence-electron chi connectivity index (χ1n) is 5.13. The molecule has 1 N–H and O–H groups in total. The van der Waals surface area contributed by atoms with Crippen LogP contribution in [0.15, 0.2) is 24.0 Å². The summed E-state index contributed by atoms with van der Waals surface area (Å²) in [7, 11) is 1.65. The molecule has 0 aliphatic heterocycles. The van der Waals surface area contributed by atoms with Crippen molar-refractivity contribution in [3.8, 4) is 0 Å². The van der Waals surface area contributed by atoms with Crippen LogP contribution in [0.2, 0.25) is 0 Å². The number of hydrogen-bond donors (Lipinski definition) is 1. The second-order valence-electron chi connectivity index (χ2n) is 3.72. The Balaban J connectivity index is 4.63. The summed E-state index contributed by atoms with van der Waals surface area (Å²) in [6, 6.07) is 0. The van der Waals surface area contributed by atoms with E-state index in [-0.39, 0.29) is 6.61 Å². The molecule has 0 saturated carbocycles. The molecular weight excluding hydrogens is 176 g/mol. The zero-order valence-electron chi connectivity index (χ0n) is 9.66. The minimum absolute atomic E-state index is 0.224. The maximum absolute atomic E-state index is 8.98. The van der Waals surface area contributed by atoms with E-state index in [0.717, 1.165) is 12.0 Å². The Morgan fingerprint density at radius 1 is 1.43 bits per heavy atom. The van der Waals surface area contributed by atoms with E-state index in [2.05, 4.69) is 13.8 Å². The molecule has 2 nitrogen and oxygen atoms in total. The van der Waals surface area contributed by atoms with Crippen LogP contribution in [0.1, 0.15) is 27.2 Å². The summed E-state index contributed by atoms with van der Waals surface area (Å²) in [6.07, 6.45) is 6.60. The van der Waals surface area contributed by atoms with E-state index in [1.54, 1.807) is 13.4 Å². The summed E-state index contributed by atoms with van der Waals surface area (Å²) >= 11 is 0. The van der Waals surface area contributed by atoms with Crippen LogP contribution < -0.4 is 0 Å². The third-order valence-corrected chi connectivity index (χ3v) is 2.29. The lowest BCUT2D eigenvalue weighted by Gasteiger charge is -2.20. The predicted octanol–water partition coefficient (Wildman–Crippen LogP) is 2.75. The monoisotopic (exact) mass is 198 g/mol. The fraction of sp³-hybridized carbons (Fsp3) is 0.667. The number of methoxy groups -OCH3 is 1. The molecule has 14 heavy (non-hydrogen) atoms. The van der Waals surface area contributed by atoms with Crippen LogP contribution in [0.4, 0.5) is 0 Å². The average Bonchev–Trinajstić information content (AvgIpc) is 2.13. The number of ether oxygens (including phenoxy) is 1. The van der Waals surface area contributed by atoms with E-state index in [1.807, 2.05) is 19.1 Å². The highest BCUT2D eigenvalue weighted by molar-refractivity contribution is 5.20. The molecule has 1 unspecified atom stereocenters. The van der Waals surface area contributed by atoms with Crippen LogP contribution in [0.25, 0.3) is 0 Å². The van der Waals surface area contributed by atoms with Gasteiger partial charge in [0.2, 0.25) is 0 Å². The highest BCUT2D eigenvalue weighted by atomic mass is 16.5. The van der Waals surface area contributed by atoms with Gasteiger partial charge in [-0.25, -0.2) is 0 Å². The molecule has 0 rings (SSSR count). The SMILES string of the molecule is C/C=C/C(=C/OC)C(CCO)C(C)C. The lowest BCUT2D eigenvalue weighted by Crippen LogP contribution is -2.13.